The molecule has 0 aliphatic heterocycles. The van der Waals surface area contributed by atoms with E-state index in [0.717, 1.165) is 30.2 Å². The Labute approximate surface area is 133 Å². The number of aliphatic imine (C=N–C) groups is 1. The largest absolute Gasteiger partial charge is 0.496 e. The predicted octanol–water partition coefficient (Wildman–Crippen LogP) is 3.25. The van der Waals surface area contributed by atoms with Crippen LogP contribution in [0.15, 0.2) is 40.9 Å². The first-order chi connectivity index (χ1) is 10.8. The van der Waals surface area contributed by atoms with Crippen molar-refractivity contribution in [3.05, 3.63) is 41.5 Å². The smallest absolute Gasteiger partial charge is 0.191 e. The van der Waals surface area contributed by atoms with E-state index in [0.29, 0.717) is 6.54 Å². The molecule has 0 atom stereocenters. The minimum absolute atomic E-state index is 0.701. The van der Waals surface area contributed by atoms with Crippen LogP contribution in [0.1, 0.15) is 37.7 Å². The van der Waals surface area contributed by atoms with Gasteiger partial charge in [-0.3, -0.25) is 4.99 Å². The van der Waals surface area contributed by atoms with E-state index in [-0.39, 0.29) is 0 Å². The van der Waals surface area contributed by atoms with Crippen LogP contribution in [0.4, 0.5) is 0 Å². The average molecular weight is 301 g/mol. The number of para-hydroxylation sites is 1. The fraction of sp³-hybridized carbons (Fsp3) is 0.500. The molecule has 2 N–H and O–H groups in total. The Morgan fingerprint density at radius 1 is 1.23 bits per heavy atom. The van der Waals surface area contributed by atoms with Crippen LogP contribution in [-0.2, 0) is 6.54 Å². The maximum absolute atomic E-state index is 5.36. The van der Waals surface area contributed by atoms with Gasteiger partial charge in [0.25, 0.3) is 0 Å². The lowest BCUT2D eigenvalue weighted by Crippen LogP contribution is -2.37. The number of methoxy groups -OCH3 is 1. The molecule has 4 nitrogen and oxygen atoms in total. The van der Waals surface area contributed by atoms with Crippen LogP contribution < -0.4 is 15.4 Å². The summed E-state index contributed by atoms with van der Waals surface area (Å²) in [6, 6.07) is 8.04. The molecule has 0 amide bonds. The van der Waals surface area contributed by atoms with Gasteiger partial charge >= 0.3 is 0 Å². The summed E-state index contributed by atoms with van der Waals surface area (Å²) in [5.41, 5.74) is 2.71. The summed E-state index contributed by atoms with van der Waals surface area (Å²) >= 11 is 0. The van der Waals surface area contributed by atoms with Crippen LogP contribution in [0.5, 0.6) is 5.75 Å². The number of ether oxygens (including phenoxy) is 1. The number of rotatable bonds is 6. The fourth-order valence-electron chi connectivity index (χ4n) is 2.72. The van der Waals surface area contributed by atoms with Gasteiger partial charge in [0, 0.05) is 25.7 Å². The molecule has 0 aromatic heterocycles. The second kappa shape index (κ2) is 9.13. The van der Waals surface area contributed by atoms with Crippen LogP contribution in [-0.4, -0.2) is 26.7 Å². The Morgan fingerprint density at radius 3 is 2.82 bits per heavy atom. The number of benzene rings is 1. The first-order valence-electron chi connectivity index (χ1n) is 8.08. The van der Waals surface area contributed by atoms with Crippen LogP contribution >= 0.6 is 0 Å². The number of hydrogen-bond acceptors (Lipinski definition) is 2. The lowest BCUT2D eigenvalue weighted by Gasteiger charge is -2.16. The van der Waals surface area contributed by atoms with E-state index in [2.05, 4.69) is 27.8 Å². The van der Waals surface area contributed by atoms with Crippen molar-refractivity contribution in [1.82, 2.24) is 10.6 Å². The van der Waals surface area contributed by atoms with Crippen molar-refractivity contribution in [2.24, 2.45) is 4.99 Å². The first-order valence-corrected chi connectivity index (χ1v) is 8.08. The Kier molecular flexibility index (Phi) is 6.81. The highest BCUT2D eigenvalue weighted by atomic mass is 16.5. The lowest BCUT2D eigenvalue weighted by molar-refractivity contribution is 0.409. The molecule has 2 rings (SSSR count). The van der Waals surface area contributed by atoms with Crippen molar-refractivity contribution in [3.63, 3.8) is 0 Å². The number of nitrogens with one attached hydrogen (secondary N) is 2. The molecule has 1 aromatic carbocycles. The second-order valence-electron chi connectivity index (χ2n) is 5.52. The van der Waals surface area contributed by atoms with Crippen molar-refractivity contribution in [1.29, 1.82) is 0 Å². The van der Waals surface area contributed by atoms with Gasteiger partial charge in [-0.15, -0.1) is 0 Å². The van der Waals surface area contributed by atoms with Crippen LogP contribution in [0.2, 0.25) is 0 Å². The Hall–Kier alpha value is -1.97. The molecule has 0 saturated heterocycles. The molecule has 0 bridgehead atoms. The average Bonchev–Trinajstić information content (AvgIpc) is 2.59. The van der Waals surface area contributed by atoms with Crippen LogP contribution in [0, 0.1) is 0 Å². The summed E-state index contributed by atoms with van der Waals surface area (Å²) in [4.78, 5) is 4.28. The zero-order chi connectivity index (χ0) is 15.6. The van der Waals surface area contributed by atoms with E-state index in [1.807, 2.05) is 18.2 Å². The minimum Gasteiger partial charge on any atom is -0.496 e. The van der Waals surface area contributed by atoms with Gasteiger partial charge in [-0.25, -0.2) is 0 Å². The molecule has 1 aromatic rings. The second-order valence-corrected chi connectivity index (χ2v) is 5.52. The van der Waals surface area contributed by atoms with Gasteiger partial charge in [-0.05, 0) is 38.2 Å². The monoisotopic (exact) mass is 301 g/mol. The molecule has 0 spiro atoms. The fourth-order valence-corrected chi connectivity index (χ4v) is 2.72. The van der Waals surface area contributed by atoms with Crippen molar-refractivity contribution in [2.45, 2.75) is 38.6 Å². The van der Waals surface area contributed by atoms with E-state index in [1.54, 1.807) is 19.7 Å². The van der Waals surface area contributed by atoms with E-state index < -0.39 is 0 Å². The first kappa shape index (κ1) is 16.4. The van der Waals surface area contributed by atoms with Gasteiger partial charge in [0.15, 0.2) is 5.96 Å². The quantitative estimate of drug-likeness (QED) is 0.482. The van der Waals surface area contributed by atoms with E-state index in [1.165, 1.54) is 25.7 Å². The van der Waals surface area contributed by atoms with E-state index in [9.17, 15) is 0 Å². The lowest BCUT2D eigenvalue weighted by atomic mass is 9.97. The van der Waals surface area contributed by atoms with E-state index in [4.69, 9.17) is 4.74 Å². The van der Waals surface area contributed by atoms with Gasteiger partial charge in [0.1, 0.15) is 5.75 Å². The van der Waals surface area contributed by atoms with Gasteiger partial charge in [-0.2, -0.15) is 0 Å². The zero-order valence-corrected chi connectivity index (χ0v) is 13.7. The van der Waals surface area contributed by atoms with Gasteiger partial charge in [0.2, 0.25) is 0 Å². The summed E-state index contributed by atoms with van der Waals surface area (Å²) in [6.45, 7) is 1.63. The summed E-state index contributed by atoms with van der Waals surface area (Å²) < 4.78 is 5.36. The van der Waals surface area contributed by atoms with Gasteiger partial charge < -0.3 is 15.4 Å². The standard InChI is InChI=1S/C18H27N3O/c1-19-18(20-13-12-15-8-4-3-5-9-15)21-14-16-10-6-7-11-17(16)22-2/h6-8,10-11H,3-5,9,12-14H2,1-2H3,(H2,19,20,21). The molecule has 1 aliphatic rings. The number of guanidine groups is 1. The minimum atomic E-state index is 0.701. The summed E-state index contributed by atoms with van der Waals surface area (Å²) in [5, 5.41) is 6.72. The topological polar surface area (TPSA) is 45.7 Å². The summed E-state index contributed by atoms with van der Waals surface area (Å²) in [6.07, 6.45) is 8.70. The van der Waals surface area contributed by atoms with Crippen molar-refractivity contribution < 1.29 is 4.74 Å². The van der Waals surface area contributed by atoms with E-state index >= 15 is 0 Å². The molecular weight excluding hydrogens is 274 g/mol. The van der Waals surface area contributed by atoms with Gasteiger partial charge in [0.05, 0.1) is 7.11 Å². The highest BCUT2D eigenvalue weighted by Gasteiger charge is 2.05. The molecule has 1 aliphatic carbocycles. The highest BCUT2D eigenvalue weighted by molar-refractivity contribution is 5.79. The maximum Gasteiger partial charge on any atom is 0.191 e. The van der Waals surface area contributed by atoms with Crippen LogP contribution in [0.3, 0.4) is 0 Å². The van der Waals surface area contributed by atoms with Crippen molar-refractivity contribution in [2.75, 3.05) is 20.7 Å². The third kappa shape index (κ3) is 5.10. The SMILES string of the molecule is CN=C(NCCC1=CCCCC1)NCc1ccccc1OC. The van der Waals surface area contributed by atoms with Gasteiger partial charge in [-0.1, -0.05) is 29.8 Å². The normalized spacial score (nSPS) is 15.2. The third-order valence-corrected chi connectivity index (χ3v) is 3.99. The third-order valence-electron chi connectivity index (χ3n) is 3.99. The number of nitrogens with zero attached hydrogens (tertiary/aromatic N) is 1. The predicted molar refractivity (Wildman–Crippen MR) is 92.4 cm³/mol. The molecule has 0 radical (unpaired) electrons. The van der Waals surface area contributed by atoms with Crippen molar-refractivity contribution >= 4 is 5.96 Å². The molecule has 0 unspecified atom stereocenters. The molecule has 0 saturated carbocycles. The zero-order valence-electron chi connectivity index (χ0n) is 13.7. The Bertz CT molecular complexity index is 523. The molecule has 0 heterocycles. The molecule has 22 heavy (non-hydrogen) atoms. The number of hydrogen-bond donors (Lipinski definition) is 2. The Balaban J connectivity index is 1.76. The summed E-state index contributed by atoms with van der Waals surface area (Å²) in [7, 11) is 3.50. The molecule has 4 heteroatoms. The molecular formula is C18H27N3O. The van der Waals surface area contributed by atoms with Crippen LogP contribution in [0.25, 0.3) is 0 Å². The maximum atomic E-state index is 5.36. The molecule has 0 fully saturated rings. The van der Waals surface area contributed by atoms with Crippen molar-refractivity contribution in [3.8, 4) is 5.75 Å². The highest BCUT2D eigenvalue weighted by Crippen LogP contribution is 2.19. The summed E-state index contributed by atoms with van der Waals surface area (Å²) in [5.74, 6) is 1.74. The number of allylic oxidation sites excluding steroid dienone is 1. The Morgan fingerprint density at radius 2 is 2.09 bits per heavy atom. The molecule has 120 valence electrons.